The second kappa shape index (κ2) is 4.04. The molecule has 0 amide bonds. The highest BCUT2D eigenvalue weighted by atomic mass is 16.4. The van der Waals surface area contributed by atoms with Crippen molar-refractivity contribution in [2.24, 2.45) is 0 Å². The molecular weight excluding hydrogens is 192 g/mol. The molecule has 1 heterocycles. The normalized spacial score (nSPS) is 17.7. The first kappa shape index (κ1) is 10.2. The van der Waals surface area contributed by atoms with Crippen LogP contribution in [-0.4, -0.2) is 20.9 Å². The van der Waals surface area contributed by atoms with Crippen LogP contribution in [0, 0.1) is 0 Å². The third-order valence-electron chi connectivity index (χ3n) is 2.84. The van der Waals surface area contributed by atoms with Crippen molar-refractivity contribution in [3.8, 4) is 0 Å². The van der Waals surface area contributed by atoms with Crippen LogP contribution in [0.2, 0.25) is 0 Å². The Balaban J connectivity index is 2.24. The zero-order chi connectivity index (χ0) is 10.8. The molecule has 4 heteroatoms. The highest BCUT2D eigenvalue weighted by molar-refractivity contribution is 5.71. The third kappa shape index (κ3) is 2.03. The summed E-state index contributed by atoms with van der Waals surface area (Å²) in [7, 11) is 0. The highest BCUT2D eigenvalue weighted by Crippen LogP contribution is 2.40. The van der Waals surface area contributed by atoms with Gasteiger partial charge < -0.3 is 5.11 Å². The number of aromatic nitrogens is 2. The minimum Gasteiger partial charge on any atom is -0.480 e. The minimum absolute atomic E-state index is 0.486. The standard InChI is InChI=1S/C11H16N2O2/c1-2-3-10(11(14)15)13-9(6-7-12-13)8-4-5-8/h6-8,10H,2-5H2,1H3,(H,14,15). The summed E-state index contributed by atoms with van der Waals surface area (Å²) in [5.74, 6) is -0.228. The Morgan fingerprint density at radius 1 is 1.73 bits per heavy atom. The van der Waals surface area contributed by atoms with Gasteiger partial charge in [-0.3, -0.25) is 4.68 Å². The quantitative estimate of drug-likeness (QED) is 0.806. The summed E-state index contributed by atoms with van der Waals surface area (Å²) in [5, 5.41) is 13.3. The first-order valence-corrected chi connectivity index (χ1v) is 5.50. The van der Waals surface area contributed by atoms with Gasteiger partial charge >= 0.3 is 5.97 Å². The summed E-state index contributed by atoms with van der Waals surface area (Å²) in [6, 6.07) is 1.46. The van der Waals surface area contributed by atoms with Crippen molar-refractivity contribution in [3.05, 3.63) is 18.0 Å². The number of hydrogen-bond donors (Lipinski definition) is 1. The molecule has 1 fully saturated rings. The largest absolute Gasteiger partial charge is 0.480 e. The summed E-state index contributed by atoms with van der Waals surface area (Å²) >= 11 is 0. The fourth-order valence-electron chi connectivity index (χ4n) is 1.91. The van der Waals surface area contributed by atoms with Gasteiger partial charge in [0.25, 0.3) is 0 Å². The van der Waals surface area contributed by atoms with Gasteiger partial charge in [-0.25, -0.2) is 4.79 Å². The van der Waals surface area contributed by atoms with Gasteiger partial charge in [-0.05, 0) is 25.3 Å². The monoisotopic (exact) mass is 208 g/mol. The number of rotatable bonds is 5. The summed E-state index contributed by atoms with van der Waals surface area (Å²) in [6.45, 7) is 2.00. The number of carboxylic acids is 1. The van der Waals surface area contributed by atoms with Crippen molar-refractivity contribution in [2.75, 3.05) is 0 Å². The number of hydrogen-bond acceptors (Lipinski definition) is 2. The summed E-state index contributed by atoms with van der Waals surface area (Å²) < 4.78 is 1.70. The minimum atomic E-state index is -0.776. The van der Waals surface area contributed by atoms with Crippen molar-refractivity contribution in [1.29, 1.82) is 0 Å². The fourth-order valence-corrected chi connectivity index (χ4v) is 1.91. The van der Waals surface area contributed by atoms with E-state index in [2.05, 4.69) is 5.10 Å². The Morgan fingerprint density at radius 2 is 2.47 bits per heavy atom. The van der Waals surface area contributed by atoms with Crippen molar-refractivity contribution in [1.82, 2.24) is 9.78 Å². The fraction of sp³-hybridized carbons (Fsp3) is 0.636. The molecule has 0 radical (unpaired) electrons. The zero-order valence-corrected chi connectivity index (χ0v) is 8.89. The van der Waals surface area contributed by atoms with Crippen molar-refractivity contribution in [3.63, 3.8) is 0 Å². The maximum absolute atomic E-state index is 11.1. The molecule has 1 saturated carbocycles. The summed E-state index contributed by atoms with van der Waals surface area (Å²) in [5.41, 5.74) is 1.09. The van der Waals surface area contributed by atoms with Crippen molar-refractivity contribution < 1.29 is 9.90 Å². The van der Waals surface area contributed by atoms with E-state index in [-0.39, 0.29) is 0 Å². The van der Waals surface area contributed by atoms with Crippen LogP contribution in [0.3, 0.4) is 0 Å². The Kier molecular flexibility index (Phi) is 2.75. The van der Waals surface area contributed by atoms with Gasteiger partial charge in [-0.15, -0.1) is 0 Å². The van der Waals surface area contributed by atoms with Gasteiger partial charge in [0.1, 0.15) is 6.04 Å². The maximum Gasteiger partial charge on any atom is 0.328 e. The second-order valence-electron chi connectivity index (χ2n) is 4.12. The molecule has 1 atom stereocenters. The van der Waals surface area contributed by atoms with Gasteiger partial charge in [-0.1, -0.05) is 13.3 Å². The molecule has 1 aliphatic rings. The molecule has 4 nitrogen and oxygen atoms in total. The van der Waals surface area contributed by atoms with E-state index < -0.39 is 12.0 Å². The molecule has 0 aromatic carbocycles. The third-order valence-corrected chi connectivity index (χ3v) is 2.84. The van der Waals surface area contributed by atoms with Gasteiger partial charge in [0, 0.05) is 17.8 Å². The van der Waals surface area contributed by atoms with Gasteiger partial charge in [0.05, 0.1) is 0 Å². The van der Waals surface area contributed by atoms with Gasteiger partial charge in [0.2, 0.25) is 0 Å². The molecule has 0 saturated heterocycles. The Labute approximate surface area is 88.9 Å². The molecule has 15 heavy (non-hydrogen) atoms. The Hall–Kier alpha value is -1.32. The van der Waals surface area contributed by atoms with Crippen LogP contribution in [-0.2, 0) is 4.79 Å². The lowest BCUT2D eigenvalue weighted by Gasteiger charge is -2.14. The number of carbonyl (C=O) groups is 1. The van der Waals surface area contributed by atoms with E-state index in [0.29, 0.717) is 12.3 Å². The van der Waals surface area contributed by atoms with Crippen LogP contribution in [0.5, 0.6) is 0 Å². The van der Waals surface area contributed by atoms with Gasteiger partial charge in [-0.2, -0.15) is 5.10 Å². The first-order chi connectivity index (χ1) is 7.24. The number of nitrogens with zero attached hydrogens (tertiary/aromatic N) is 2. The van der Waals surface area contributed by atoms with Gasteiger partial charge in [0.15, 0.2) is 0 Å². The van der Waals surface area contributed by atoms with E-state index in [0.717, 1.165) is 12.1 Å². The number of aliphatic carboxylic acids is 1. The average molecular weight is 208 g/mol. The maximum atomic E-state index is 11.1. The molecule has 2 rings (SSSR count). The molecule has 1 aromatic rings. The van der Waals surface area contributed by atoms with Crippen molar-refractivity contribution >= 4 is 5.97 Å². The highest BCUT2D eigenvalue weighted by Gasteiger charge is 2.30. The van der Waals surface area contributed by atoms with Crippen LogP contribution < -0.4 is 0 Å². The molecule has 82 valence electrons. The van der Waals surface area contributed by atoms with E-state index in [4.69, 9.17) is 5.11 Å². The predicted octanol–water partition coefficient (Wildman–Crippen LogP) is 2.19. The van der Waals surface area contributed by atoms with Crippen molar-refractivity contribution in [2.45, 2.75) is 44.6 Å². The lowest BCUT2D eigenvalue weighted by Crippen LogP contribution is -2.21. The zero-order valence-electron chi connectivity index (χ0n) is 8.89. The summed E-state index contributed by atoms with van der Waals surface area (Å²) in [6.07, 6.45) is 5.56. The summed E-state index contributed by atoms with van der Waals surface area (Å²) in [4.78, 5) is 11.1. The van der Waals surface area contributed by atoms with Crippen LogP contribution in [0.25, 0.3) is 0 Å². The Morgan fingerprint density at radius 3 is 3.00 bits per heavy atom. The average Bonchev–Trinajstić information content (AvgIpc) is 2.94. The Bertz CT molecular complexity index is 355. The molecular formula is C11H16N2O2. The molecule has 1 unspecified atom stereocenters. The molecule has 0 aliphatic heterocycles. The second-order valence-corrected chi connectivity index (χ2v) is 4.12. The predicted molar refractivity (Wildman–Crippen MR) is 55.8 cm³/mol. The van der Waals surface area contributed by atoms with E-state index in [1.165, 1.54) is 12.8 Å². The van der Waals surface area contributed by atoms with E-state index in [1.807, 2.05) is 13.0 Å². The van der Waals surface area contributed by atoms with E-state index in [9.17, 15) is 4.79 Å². The van der Waals surface area contributed by atoms with Crippen LogP contribution in [0.1, 0.15) is 50.3 Å². The molecule has 1 aromatic heterocycles. The molecule has 0 spiro atoms. The lowest BCUT2D eigenvalue weighted by atomic mass is 10.1. The van der Waals surface area contributed by atoms with Crippen LogP contribution >= 0.6 is 0 Å². The van der Waals surface area contributed by atoms with E-state index in [1.54, 1.807) is 10.9 Å². The molecule has 1 N–H and O–H groups in total. The van der Waals surface area contributed by atoms with E-state index >= 15 is 0 Å². The molecule has 1 aliphatic carbocycles. The SMILES string of the molecule is CCCC(C(=O)O)n1nccc1C1CC1. The van der Waals surface area contributed by atoms with Crippen LogP contribution in [0.15, 0.2) is 12.3 Å². The number of carboxylic acid groups (broad SMARTS) is 1. The first-order valence-electron chi connectivity index (χ1n) is 5.50. The molecule has 0 bridgehead atoms. The smallest absolute Gasteiger partial charge is 0.328 e. The lowest BCUT2D eigenvalue weighted by molar-refractivity contribution is -0.141. The topological polar surface area (TPSA) is 55.1 Å². The van der Waals surface area contributed by atoms with Crippen LogP contribution in [0.4, 0.5) is 0 Å².